The Balaban J connectivity index is 1.98. The van der Waals surface area contributed by atoms with E-state index >= 15 is 0 Å². The number of hydrogen-bond donors (Lipinski definition) is 0. The van der Waals surface area contributed by atoms with Crippen LogP contribution < -0.4 is 0 Å². The van der Waals surface area contributed by atoms with Gasteiger partial charge in [-0.2, -0.15) is 0 Å². The molecule has 4 atom stereocenters. The summed E-state index contributed by atoms with van der Waals surface area (Å²) in [6.45, 7) is 0. The molecule has 2 heteroatoms. The lowest BCUT2D eigenvalue weighted by atomic mass is 9.64. The number of ketones is 1. The van der Waals surface area contributed by atoms with Crippen molar-refractivity contribution in [1.82, 2.24) is 0 Å². The van der Waals surface area contributed by atoms with Crippen molar-refractivity contribution in [1.29, 1.82) is 0 Å². The normalized spacial score (nSPS) is 49.1. The number of rotatable bonds is 1. The van der Waals surface area contributed by atoms with Gasteiger partial charge in [-0.15, -0.1) is 0 Å². The van der Waals surface area contributed by atoms with Gasteiger partial charge in [-0.1, -0.05) is 6.42 Å². The fourth-order valence-corrected chi connectivity index (χ4v) is 4.69. The first-order valence-electron chi connectivity index (χ1n) is 6.35. The summed E-state index contributed by atoms with van der Waals surface area (Å²) in [5.74, 6) is 1.78. The Morgan fingerprint density at radius 2 is 2.20 bits per heavy atom. The van der Waals surface area contributed by atoms with Crippen LogP contribution in [-0.4, -0.2) is 19.0 Å². The first-order chi connectivity index (χ1) is 7.29. The van der Waals surface area contributed by atoms with Gasteiger partial charge in [-0.05, 0) is 43.9 Å². The third kappa shape index (κ3) is 1.12. The summed E-state index contributed by atoms with van der Waals surface area (Å²) in [6, 6.07) is 0. The zero-order valence-electron chi connectivity index (χ0n) is 9.50. The highest BCUT2D eigenvalue weighted by Crippen LogP contribution is 2.62. The Labute approximate surface area is 91.4 Å². The van der Waals surface area contributed by atoms with Crippen LogP contribution in [0.3, 0.4) is 0 Å². The molecule has 0 N–H and O–H groups in total. The van der Waals surface area contributed by atoms with Crippen molar-refractivity contribution in [2.45, 2.75) is 51.0 Å². The summed E-state index contributed by atoms with van der Waals surface area (Å²) in [7, 11) is 1.82. The highest BCUT2D eigenvalue weighted by molar-refractivity contribution is 5.87. The molecule has 0 radical (unpaired) electrons. The monoisotopic (exact) mass is 208 g/mol. The van der Waals surface area contributed by atoms with Gasteiger partial charge < -0.3 is 4.74 Å². The Hall–Kier alpha value is -0.370. The maximum Gasteiger partial charge on any atom is 0.139 e. The molecule has 3 aliphatic carbocycles. The van der Waals surface area contributed by atoms with Crippen molar-refractivity contribution in [3.63, 3.8) is 0 Å². The molecule has 3 aliphatic rings. The molecule has 0 bridgehead atoms. The van der Waals surface area contributed by atoms with Gasteiger partial charge in [-0.25, -0.2) is 0 Å². The van der Waals surface area contributed by atoms with Crippen LogP contribution in [0, 0.1) is 17.3 Å². The average Bonchev–Trinajstić information content (AvgIpc) is 2.76. The van der Waals surface area contributed by atoms with Crippen molar-refractivity contribution < 1.29 is 9.53 Å². The molecule has 0 heterocycles. The number of carbonyl (C=O) groups is 1. The van der Waals surface area contributed by atoms with E-state index in [2.05, 4.69) is 0 Å². The molecular weight excluding hydrogens is 188 g/mol. The van der Waals surface area contributed by atoms with Crippen molar-refractivity contribution >= 4 is 5.78 Å². The quantitative estimate of drug-likeness (QED) is 0.662. The first kappa shape index (κ1) is 9.83. The molecule has 1 spiro atoms. The second kappa shape index (κ2) is 3.31. The maximum atomic E-state index is 12.3. The van der Waals surface area contributed by atoms with Crippen LogP contribution in [0.25, 0.3) is 0 Å². The van der Waals surface area contributed by atoms with Crippen LogP contribution in [0.15, 0.2) is 0 Å². The first-order valence-corrected chi connectivity index (χ1v) is 6.35. The highest BCUT2D eigenvalue weighted by Gasteiger charge is 2.61. The molecule has 15 heavy (non-hydrogen) atoms. The van der Waals surface area contributed by atoms with E-state index in [0.717, 1.165) is 25.7 Å². The molecule has 0 aromatic carbocycles. The van der Waals surface area contributed by atoms with Gasteiger partial charge in [0.25, 0.3) is 0 Å². The van der Waals surface area contributed by atoms with E-state index in [1.165, 1.54) is 19.3 Å². The summed E-state index contributed by atoms with van der Waals surface area (Å²) in [4.78, 5) is 12.3. The molecule has 0 saturated heterocycles. The van der Waals surface area contributed by atoms with Crippen molar-refractivity contribution in [3.05, 3.63) is 0 Å². The van der Waals surface area contributed by atoms with Crippen LogP contribution in [0.5, 0.6) is 0 Å². The van der Waals surface area contributed by atoms with Gasteiger partial charge in [0, 0.05) is 18.9 Å². The van der Waals surface area contributed by atoms with E-state index in [1.807, 2.05) is 7.11 Å². The predicted molar refractivity (Wildman–Crippen MR) is 57.5 cm³/mol. The molecule has 3 saturated carbocycles. The van der Waals surface area contributed by atoms with Gasteiger partial charge in [0.2, 0.25) is 0 Å². The number of hydrogen-bond acceptors (Lipinski definition) is 2. The summed E-state index contributed by atoms with van der Waals surface area (Å²) >= 11 is 0. The molecule has 1 unspecified atom stereocenters. The number of methoxy groups -OCH3 is 1. The third-order valence-corrected chi connectivity index (χ3v) is 5.24. The Morgan fingerprint density at radius 3 is 3.00 bits per heavy atom. The lowest BCUT2D eigenvalue weighted by Crippen LogP contribution is -2.41. The fraction of sp³-hybridized carbons (Fsp3) is 0.923. The lowest BCUT2D eigenvalue weighted by Gasteiger charge is -2.38. The number of ether oxygens (including phenoxy) is 1. The standard InChI is InChI=1S/C13H20O2/c1-15-11-8-9-4-2-6-12(14)13(9)7-3-5-10(11)13/h9-11H,2-8H2,1H3/t9-,10-,11?,13-/m1/s1. The average molecular weight is 208 g/mol. The number of carbonyl (C=O) groups excluding carboxylic acids is 1. The van der Waals surface area contributed by atoms with Crippen molar-refractivity contribution in [2.24, 2.45) is 17.3 Å². The molecule has 2 nitrogen and oxygen atoms in total. The largest absolute Gasteiger partial charge is 0.381 e. The predicted octanol–water partition coefficient (Wildman–Crippen LogP) is 2.56. The smallest absolute Gasteiger partial charge is 0.139 e. The van der Waals surface area contributed by atoms with Crippen LogP contribution in [0.4, 0.5) is 0 Å². The summed E-state index contributed by atoms with van der Waals surface area (Å²) < 4.78 is 5.61. The summed E-state index contributed by atoms with van der Waals surface area (Å²) in [6.07, 6.45) is 8.36. The van der Waals surface area contributed by atoms with Crippen LogP contribution in [0.1, 0.15) is 44.9 Å². The minimum Gasteiger partial charge on any atom is -0.381 e. The van der Waals surface area contributed by atoms with E-state index in [-0.39, 0.29) is 5.41 Å². The summed E-state index contributed by atoms with van der Waals surface area (Å²) in [5, 5.41) is 0. The van der Waals surface area contributed by atoms with E-state index < -0.39 is 0 Å². The van der Waals surface area contributed by atoms with Gasteiger partial charge in [-0.3, -0.25) is 4.79 Å². The van der Waals surface area contributed by atoms with E-state index in [0.29, 0.717) is 23.7 Å². The molecular formula is C13H20O2. The third-order valence-electron chi connectivity index (χ3n) is 5.24. The van der Waals surface area contributed by atoms with E-state index in [4.69, 9.17) is 4.74 Å². The second-order valence-electron chi connectivity index (χ2n) is 5.56. The van der Waals surface area contributed by atoms with E-state index in [1.54, 1.807) is 0 Å². The molecule has 84 valence electrons. The van der Waals surface area contributed by atoms with Crippen molar-refractivity contribution in [2.75, 3.05) is 7.11 Å². The van der Waals surface area contributed by atoms with Crippen LogP contribution >= 0.6 is 0 Å². The second-order valence-corrected chi connectivity index (χ2v) is 5.56. The fourth-order valence-electron chi connectivity index (χ4n) is 4.69. The molecule has 3 rings (SSSR count). The summed E-state index contributed by atoms with van der Waals surface area (Å²) in [5.41, 5.74) is 0.0684. The Bertz CT molecular complexity index is 286. The molecule has 0 aromatic rings. The topological polar surface area (TPSA) is 26.3 Å². The Kier molecular flexibility index (Phi) is 2.17. The van der Waals surface area contributed by atoms with Crippen molar-refractivity contribution in [3.8, 4) is 0 Å². The Morgan fingerprint density at radius 1 is 1.33 bits per heavy atom. The van der Waals surface area contributed by atoms with Gasteiger partial charge in [0.15, 0.2) is 0 Å². The zero-order valence-corrected chi connectivity index (χ0v) is 9.50. The lowest BCUT2D eigenvalue weighted by molar-refractivity contribution is -0.136. The molecule has 0 amide bonds. The van der Waals surface area contributed by atoms with E-state index in [9.17, 15) is 4.79 Å². The molecule has 3 fully saturated rings. The van der Waals surface area contributed by atoms with Crippen LogP contribution in [-0.2, 0) is 9.53 Å². The van der Waals surface area contributed by atoms with Gasteiger partial charge >= 0.3 is 0 Å². The maximum absolute atomic E-state index is 12.3. The van der Waals surface area contributed by atoms with Crippen LogP contribution in [0.2, 0.25) is 0 Å². The minimum atomic E-state index is 0.0684. The molecule has 0 aliphatic heterocycles. The zero-order chi connectivity index (χ0) is 10.5. The number of Topliss-reactive ketones (excluding diaryl/α,β-unsaturated/α-hetero) is 1. The molecule has 0 aromatic heterocycles. The minimum absolute atomic E-state index is 0.0684. The van der Waals surface area contributed by atoms with Gasteiger partial charge in [0.1, 0.15) is 5.78 Å². The highest BCUT2D eigenvalue weighted by atomic mass is 16.5. The SMILES string of the molecule is COC1C[C@H]2CCCC(=O)[C@]23CCC[C@H]13. The van der Waals surface area contributed by atoms with Gasteiger partial charge in [0.05, 0.1) is 6.10 Å².